The first-order valence-corrected chi connectivity index (χ1v) is 11.7. The fraction of sp³-hybridized carbons (Fsp3) is 0.318. The standard InChI is InChI=1S/C22H25FN4O3S/c1-2-25-12-9-17-15-20(7-8-21(17)25)31(29,30)27-11-4-10-26(13-14-27)22(28)24-19-6-3-5-18(23)16-19/h3,5-9,12,15-16H,2,4,10-11,13-14H2,1H3,(H,24,28). The summed E-state index contributed by atoms with van der Waals surface area (Å²) in [5.74, 6) is -0.433. The SMILES string of the molecule is CCn1ccc2cc(S(=O)(=O)N3CCCN(C(=O)Nc4cccc(F)c4)CC3)ccc21. The first-order chi connectivity index (χ1) is 14.9. The predicted molar refractivity (Wildman–Crippen MR) is 118 cm³/mol. The number of aryl methyl sites for hydroxylation is 1. The van der Waals surface area contributed by atoms with Gasteiger partial charge in [-0.3, -0.25) is 0 Å². The van der Waals surface area contributed by atoms with Gasteiger partial charge in [-0.15, -0.1) is 0 Å². The Labute approximate surface area is 181 Å². The van der Waals surface area contributed by atoms with Crippen LogP contribution in [0.5, 0.6) is 0 Å². The molecule has 31 heavy (non-hydrogen) atoms. The molecule has 0 atom stereocenters. The van der Waals surface area contributed by atoms with Crippen molar-refractivity contribution in [3.8, 4) is 0 Å². The number of sulfonamides is 1. The number of carbonyl (C=O) groups is 1. The molecule has 0 unspecified atom stereocenters. The molecule has 1 aliphatic rings. The summed E-state index contributed by atoms with van der Waals surface area (Å²) in [4.78, 5) is 14.4. The number of fused-ring (bicyclic) bond motifs is 1. The highest BCUT2D eigenvalue weighted by Crippen LogP contribution is 2.24. The fourth-order valence-corrected chi connectivity index (χ4v) is 5.38. The maximum atomic E-state index is 13.3. The van der Waals surface area contributed by atoms with Gasteiger partial charge in [-0.25, -0.2) is 17.6 Å². The topological polar surface area (TPSA) is 74.7 Å². The van der Waals surface area contributed by atoms with E-state index in [-0.39, 0.29) is 24.0 Å². The van der Waals surface area contributed by atoms with Crippen molar-refractivity contribution >= 4 is 32.6 Å². The molecular formula is C22H25FN4O3S. The Bertz CT molecular complexity index is 1210. The normalized spacial score (nSPS) is 15.7. The molecule has 4 rings (SSSR count). The summed E-state index contributed by atoms with van der Waals surface area (Å²) < 4.78 is 43.3. The molecule has 1 aromatic heterocycles. The highest BCUT2D eigenvalue weighted by atomic mass is 32.2. The van der Waals surface area contributed by atoms with Gasteiger partial charge in [0.1, 0.15) is 5.82 Å². The predicted octanol–water partition coefficient (Wildman–Crippen LogP) is 3.73. The largest absolute Gasteiger partial charge is 0.348 e. The monoisotopic (exact) mass is 444 g/mol. The van der Waals surface area contributed by atoms with E-state index >= 15 is 0 Å². The highest BCUT2D eigenvalue weighted by Gasteiger charge is 2.28. The molecule has 0 aliphatic carbocycles. The van der Waals surface area contributed by atoms with E-state index in [4.69, 9.17) is 0 Å². The number of anilines is 1. The summed E-state index contributed by atoms with van der Waals surface area (Å²) in [6.07, 6.45) is 2.46. The Hall–Kier alpha value is -2.91. The lowest BCUT2D eigenvalue weighted by Crippen LogP contribution is -2.39. The molecule has 2 amide bonds. The summed E-state index contributed by atoms with van der Waals surface area (Å²) in [5, 5.41) is 3.55. The average molecular weight is 445 g/mol. The Morgan fingerprint density at radius 1 is 1.06 bits per heavy atom. The molecule has 1 N–H and O–H groups in total. The smallest absolute Gasteiger partial charge is 0.321 e. The van der Waals surface area contributed by atoms with E-state index in [0.29, 0.717) is 25.2 Å². The van der Waals surface area contributed by atoms with Gasteiger partial charge in [0.15, 0.2) is 0 Å². The number of nitrogens with one attached hydrogen (secondary N) is 1. The average Bonchev–Trinajstić information content (AvgIpc) is 2.98. The third-order valence-corrected chi connectivity index (χ3v) is 7.43. The lowest BCUT2D eigenvalue weighted by molar-refractivity contribution is 0.214. The number of carbonyl (C=O) groups excluding carboxylic acids is 1. The van der Waals surface area contributed by atoms with Crippen molar-refractivity contribution in [2.24, 2.45) is 0 Å². The second kappa shape index (κ2) is 8.68. The molecular weight excluding hydrogens is 419 g/mol. The molecule has 0 spiro atoms. The van der Waals surface area contributed by atoms with Gasteiger partial charge in [0, 0.05) is 55.5 Å². The van der Waals surface area contributed by atoms with Gasteiger partial charge in [0.2, 0.25) is 10.0 Å². The molecule has 2 heterocycles. The van der Waals surface area contributed by atoms with Gasteiger partial charge in [-0.1, -0.05) is 6.07 Å². The van der Waals surface area contributed by atoms with Crippen molar-refractivity contribution in [3.63, 3.8) is 0 Å². The van der Waals surface area contributed by atoms with Crippen LogP contribution >= 0.6 is 0 Å². The van der Waals surface area contributed by atoms with Crippen molar-refractivity contribution in [2.45, 2.75) is 24.8 Å². The van der Waals surface area contributed by atoms with Crippen molar-refractivity contribution in [2.75, 3.05) is 31.5 Å². The van der Waals surface area contributed by atoms with Crippen LogP contribution < -0.4 is 5.32 Å². The van der Waals surface area contributed by atoms with Crippen LogP contribution in [0, 0.1) is 5.82 Å². The van der Waals surface area contributed by atoms with Crippen molar-refractivity contribution in [3.05, 3.63) is 60.5 Å². The Kier molecular flexibility index (Phi) is 5.97. The Balaban J connectivity index is 1.46. The van der Waals surface area contributed by atoms with Crippen LogP contribution in [0.1, 0.15) is 13.3 Å². The van der Waals surface area contributed by atoms with E-state index in [0.717, 1.165) is 17.4 Å². The first kappa shape index (κ1) is 21.3. The van der Waals surface area contributed by atoms with Crippen molar-refractivity contribution < 1.29 is 17.6 Å². The van der Waals surface area contributed by atoms with Gasteiger partial charge in [0.25, 0.3) is 0 Å². The van der Waals surface area contributed by atoms with Crippen LogP contribution in [0.4, 0.5) is 14.9 Å². The molecule has 1 aliphatic heterocycles. The number of benzene rings is 2. The summed E-state index contributed by atoms with van der Waals surface area (Å²) in [7, 11) is -3.67. The van der Waals surface area contributed by atoms with Gasteiger partial charge in [0.05, 0.1) is 4.90 Å². The fourth-order valence-electron chi connectivity index (χ4n) is 3.87. The van der Waals surface area contributed by atoms with E-state index in [1.54, 1.807) is 23.1 Å². The number of urea groups is 1. The van der Waals surface area contributed by atoms with Crippen LogP contribution in [0.25, 0.3) is 10.9 Å². The Morgan fingerprint density at radius 3 is 2.68 bits per heavy atom. The molecule has 9 heteroatoms. The molecule has 0 bridgehead atoms. The van der Waals surface area contributed by atoms with E-state index < -0.39 is 15.8 Å². The van der Waals surface area contributed by atoms with E-state index in [1.165, 1.54) is 22.5 Å². The lowest BCUT2D eigenvalue weighted by atomic mass is 10.2. The molecule has 1 saturated heterocycles. The number of hydrogen-bond donors (Lipinski definition) is 1. The maximum Gasteiger partial charge on any atom is 0.321 e. The van der Waals surface area contributed by atoms with Crippen LogP contribution in [-0.4, -0.2) is 54.4 Å². The zero-order valence-corrected chi connectivity index (χ0v) is 18.1. The maximum absolute atomic E-state index is 13.3. The van der Waals surface area contributed by atoms with E-state index in [2.05, 4.69) is 9.88 Å². The second-order valence-corrected chi connectivity index (χ2v) is 9.45. The number of halogens is 1. The number of aromatic nitrogens is 1. The van der Waals surface area contributed by atoms with Crippen molar-refractivity contribution in [1.82, 2.24) is 13.8 Å². The summed E-state index contributed by atoms with van der Waals surface area (Å²) in [6, 6.07) is 12.4. The number of amides is 2. The minimum atomic E-state index is -3.67. The minimum absolute atomic E-state index is 0.201. The molecule has 2 aromatic carbocycles. The van der Waals surface area contributed by atoms with Gasteiger partial charge in [-0.05, 0) is 55.8 Å². The number of rotatable bonds is 4. The highest BCUT2D eigenvalue weighted by molar-refractivity contribution is 7.89. The van der Waals surface area contributed by atoms with Crippen LogP contribution in [0.3, 0.4) is 0 Å². The Morgan fingerprint density at radius 2 is 1.90 bits per heavy atom. The molecule has 1 fully saturated rings. The first-order valence-electron chi connectivity index (χ1n) is 10.3. The number of hydrogen-bond acceptors (Lipinski definition) is 3. The summed E-state index contributed by atoms with van der Waals surface area (Å²) in [6.45, 7) is 4.07. The van der Waals surface area contributed by atoms with Crippen LogP contribution in [0.2, 0.25) is 0 Å². The minimum Gasteiger partial charge on any atom is -0.348 e. The number of nitrogens with zero attached hydrogens (tertiary/aromatic N) is 3. The quantitative estimate of drug-likeness (QED) is 0.666. The third kappa shape index (κ3) is 4.42. The zero-order valence-electron chi connectivity index (χ0n) is 17.3. The summed E-state index contributed by atoms with van der Waals surface area (Å²) >= 11 is 0. The van der Waals surface area contributed by atoms with Crippen LogP contribution in [0.15, 0.2) is 59.6 Å². The van der Waals surface area contributed by atoms with Crippen molar-refractivity contribution in [1.29, 1.82) is 0 Å². The van der Waals surface area contributed by atoms with Crippen LogP contribution in [-0.2, 0) is 16.6 Å². The van der Waals surface area contributed by atoms with Gasteiger partial charge in [-0.2, -0.15) is 4.31 Å². The summed E-state index contributed by atoms with van der Waals surface area (Å²) in [5.41, 5.74) is 1.36. The van der Waals surface area contributed by atoms with Gasteiger partial charge >= 0.3 is 6.03 Å². The van der Waals surface area contributed by atoms with Gasteiger partial charge < -0.3 is 14.8 Å². The molecule has 164 valence electrons. The molecule has 0 radical (unpaired) electrons. The second-order valence-electron chi connectivity index (χ2n) is 7.51. The molecule has 0 saturated carbocycles. The molecule has 3 aromatic rings. The van der Waals surface area contributed by atoms with E-state index in [9.17, 15) is 17.6 Å². The molecule has 7 nitrogen and oxygen atoms in total. The lowest BCUT2D eigenvalue weighted by Gasteiger charge is -2.22. The zero-order chi connectivity index (χ0) is 22.0. The third-order valence-electron chi connectivity index (χ3n) is 5.54. The van der Waals surface area contributed by atoms with E-state index in [1.807, 2.05) is 25.3 Å².